The zero-order valence-corrected chi connectivity index (χ0v) is 35.8. The summed E-state index contributed by atoms with van der Waals surface area (Å²) in [7, 11) is 0. The van der Waals surface area contributed by atoms with Crippen molar-refractivity contribution in [2.75, 3.05) is 4.90 Å². The first kappa shape index (κ1) is 38.2. The molecule has 0 spiro atoms. The third-order valence-corrected chi connectivity index (χ3v) is 13.0. The Hall–Kier alpha value is -8.52. The van der Waals surface area contributed by atoms with Crippen molar-refractivity contribution in [3.8, 4) is 55.6 Å². The van der Waals surface area contributed by atoms with Crippen LogP contribution < -0.4 is 4.90 Å². The molecule has 0 amide bonds. The van der Waals surface area contributed by atoms with E-state index in [9.17, 15) is 0 Å². The van der Waals surface area contributed by atoms with Gasteiger partial charge in [0.1, 0.15) is 0 Å². The van der Waals surface area contributed by atoms with E-state index >= 15 is 0 Å². The smallest absolute Gasteiger partial charge is 0.0467 e. The second-order valence-corrected chi connectivity index (χ2v) is 16.9. The highest BCUT2D eigenvalue weighted by atomic mass is 15.1. The van der Waals surface area contributed by atoms with Crippen molar-refractivity contribution in [3.63, 3.8) is 0 Å². The highest BCUT2D eigenvalue weighted by molar-refractivity contribution is 6.22. The SMILES string of the molecule is c1ccc(-c2c(-c3ccccc3)c3cc(-c4ccc(N(c5ccc(-c6ccc7ccccc7c6)cc5)c5cccc(-c6ccc7ccccc7c6)c5)cc4)ccc3c3ccccc23)cc1. The van der Waals surface area contributed by atoms with E-state index in [4.69, 9.17) is 0 Å². The molecule has 0 N–H and O–H groups in total. The summed E-state index contributed by atoms with van der Waals surface area (Å²) in [6.45, 7) is 0. The summed E-state index contributed by atoms with van der Waals surface area (Å²) < 4.78 is 0. The lowest BCUT2D eigenvalue weighted by atomic mass is 9.84. The van der Waals surface area contributed by atoms with E-state index in [2.05, 4.69) is 266 Å². The molecule has 1 heteroatoms. The maximum atomic E-state index is 2.40. The number of hydrogen-bond donors (Lipinski definition) is 0. The molecule has 0 unspecified atom stereocenters. The molecule has 0 fully saturated rings. The summed E-state index contributed by atoms with van der Waals surface area (Å²) in [6.07, 6.45) is 0. The van der Waals surface area contributed by atoms with Gasteiger partial charge in [0.2, 0.25) is 0 Å². The van der Waals surface area contributed by atoms with Gasteiger partial charge >= 0.3 is 0 Å². The molecule has 1 nitrogen and oxygen atoms in total. The molecule has 0 aromatic heterocycles. The van der Waals surface area contributed by atoms with Crippen molar-refractivity contribution < 1.29 is 0 Å². The molecule has 0 aliphatic rings. The van der Waals surface area contributed by atoms with Gasteiger partial charge in [-0.05, 0) is 153 Å². The quantitative estimate of drug-likeness (QED) is 0.138. The van der Waals surface area contributed by atoms with Gasteiger partial charge in [0, 0.05) is 17.1 Å². The minimum atomic E-state index is 1.09. The monoisotopic (exact) mass is 825 g/mol. The first-order chi connectivity index (χ1) is 32.2. The molecule has 0 atom stereocenters. The van der Waals surface area contributed by atoms with Crippen LogP contribution in [0.2, 0.25) is 0 Å². The van der Waals surface area contributed by atoms with Gasteiger partial charge in [0.15, 0.2) is 0 Å². The lowest BCUT2D eigenvalue weighted by Crippen LogP contribution is -2.10. The van der Waals surface area contributed by atoms with Crippen molar-refractivity contribution in [2.24, 2.45) is 0 Å². The molecule has 0 radical (unpaired) electrons. The molecular formula is C64H43N. The summed E-state index contributed by atoms with van der Waals surface area (Å²) in [5, 5.41) is 9.99. The Labute approximate surface area is 379 Å². The van der Waals surface area contributed by atoms with E-state index in [0.29, 0.717) is 0 Å². The van der Waals surface area contributed by atoms with Crippen molar-refractivity contribution in [1.82, 2.24) is 0 Å². The molecule has 0 aliphatic heterocycles. The van der Waals surface area contributed by atoms with Crippen LogP contribution in [0.1, 0.15) is 0 Å². The summed E-state index contributed by atoms with van der Waals surface area (Å²) >= 11 is 0. The minimum Gasteiger partial charge on any atom is -0.310 e. The minimum absolute atomic E-state index is 1.09. The molecule has 0 saturated carbocycles. The highest BCUT2D eigenvalue weighted by Crippen LogP contribution is 2.46. The van der Waals surface area contributed by atoms with Gasteiger partial charge in [-0.3, -0.25) is 0 Å². The topological polar surface area (TPSA) is 3.24 Å². The van der Waals surface area contributed by atoms with Crippen LogP contribution in [0, 0.1) is 0 Å². The summed E-state index contributed by atoms with van der Waals surface area (Å²) in [5.74, 6) is 0. The van der Waals surface area contributed by atoms with Crippen LogP contribution in [-0.2, 0) is 0 Å². The summed E-state index contributed by atoms with van der Waals surface area (Å²) in [4.78, 5) is 2.38. The molecule has 12 aromatic carbocycles. The Morgan fingerprint density at radius 1 is 0.185 bits per heavy atom. The standard InChI is InChI=1S/C64H43N/c1-3-16-48(17-4-1)63-61-25-12-11-24-59(61)60-39-34-55(43-62(60)64(63)49-18-5-2-6-19-49)47-32-37-57(38-33-47)65(56-35-30-46(31-36-56)53-28-26-44-14-7-9-20-50(44)40-53)58-23-13-22-52(42-58)54-29-27-45-15-8-10-21-51(45)41-54/h1-43H. The Kier molecular flexibility index (Phi) is 9.58. The first-order valence-corrected chi connectivity index (χ1v) is 22.4. The van der Waals surface area contributed by atoms with Gasteiger partial charge < -0.3 is 4.90 Å². The van der Waals surface area contributed by atoms with Gasteiger partial charge in [-0.2, -0.15) is 0 Å². The molecule has 12 aromatic rings. The van der Waals surface area contributed by atoms with Crippen molar-refractivity contribution in [3.05, 3.63) is 261 Å². The van der Waals surface area contributed by atoms with E-state index < -0.39 is 0 Å². The second-order valence-electron chi connectivity index (χ2n) is 16.9. The van der Waals surface area contributed by atoms with E-state index in [-0.39, 0.29) is 0 Å². The Morgan fingerprint density at radius 3 is 1.17 bits per heavy atom. The van der Waals surface area contributed by atoms with Crippen LogP contribution in [0.3, 0.4) is 0 Å². The fraction of sp³-hybridized carbons (Fsp3) is 0. The molecular weight excluding hydrogens is 783 g/mol. The molecule has 65 heavy (non-hydrogen) atoms. The van der Waals surface area contributed by atoms with Gasteiger partial charge in [-0.25, -0.2) is 0 Å². The largest absolute Gasteiger partial charge is 0.310 e. The lowest BCUT2D eigenvalue weighted by Gasteiger charge is -2.26. The summed E-state index contributed by atoms with van der Waals surface area (Å²) in [6, 6.07) is 95.3. The molecule has 12 rings (SSSR count). The summed E-state index contributed by atoms with van der Waals surface area (Å²) in [5.41, 5.74) is 15.3. The van der Waals surface area contributed by atoms with Crippen molar-refractivity contribution >= 4 is 60.2 Å². The molecule has 0 aliphatic carbocycles. The van der Waals surface area contributed by atoms with Crippen LogP contribution in [0.4, 0.5) is 17.1 Å². The Bertz CT molecular complexity index is 3680. The number of nitrogens with zero attached hydrogens (tertiary/aromatic N) is 1. The van der Waals surface area contributed by atoms with E-state index in [1.54, 1.807) is 0 Å². The number of benzene rings is 12. The number of anilines is 3. The number of hydrogen-bond acceptors (Lipinski definition) is 1. The fourth-order valence-corrected chi connectivity index (χ4v) is 9.80. The molecule has 304 valence electrons. The van der Waals surface area contributed by atoms with E-state index in [1.165, 1.54) is 98.7 Å². The molecule has 0 bridgehead atoms. The maximum Gasteiger partial charge on any atom is 0.0467 e. The predicted molar refractivity (Wildman–Crippen MR) is 278 cm³/mol. The van der Waals surface area contributed by atoms with Gasteiger partial charge in [0.05, 0.1) is 0 Å². The Balaban J connectivity index is 0.978. The second kappa shape index (κ2) is 16.3. The van der Waals surface area contributed by atoms with E-state index in [0.717, 1.165) is 17.1 Å². The molecule has 0 heterocycles. The first-order valence-electron chi connectivity index (χ1n) is 22.4. The van der Waals surface area contributed by atoms with Crippen molar-refractivity contribution in [2.45, 2.75) is 0 Å². The van der Waals surface area contributed by atoms with Crippen LogP contribution >= 0.6 is 0 Å². The van der Waals surface area contributed by atoms with Crippen LogP contribution in [0.5, 0.6) is 0 Å². The van der Waals surface area contributed by atoms with E-state index in [1.807, 2.05) is 0 Å². The van der Waals surface area contributed by atoms with Gasteiger partial charge in [-0.1, -0.05) is 206 Å². The average molecular weight is 826 g/mol. The average Bonchev–Trinajstić information content (AvgIpc) is 3.39. The fourth-order valence-electron chi connectivity index (χ4n) is 9.80. The molecule has 0 saturated heterocycles. The predicted octanol–water partition coefficient (Wildman–Crippen LogP) is 18.1. The van der Waals surface area contributed by atoms with Crippen LogP contribution in [0.25, 0.3) is 98.7 Å². The third-order valence-electron chi connectivity index (χ3n) is 13.0. The lowest BCUT2D eigenvalue weighted by molar-refractivity contribution is 1.28. The zero-order chi connectivity index (χ0) is 43.1. The number of rotatable bonds is 8. The normalized spacial score (nSPS) is 11.4. The van der Waals surface area contributed by atoms with Crippen LogP contribution in [0.15, 0.2) is 261 Å². The van der Waals surface area contributed by atoms with Gasteiger partial charge in [0.25, 0.3) is 0 Å². The maximum absolute atomic E-state index is 2.40. The highest BCUT2D eigenvalue weighted by Gasteiger charge is 2.19. The van der Waals surface area contributed by atoms with Crippen LogP contribution in [-0.4, -0.2) is 0 Å². The van der Waals surface area contributed by atoms with Crippen molar-refractivity contribution in [1.29, 1.82) is 0 Å². The number of fused-ring (bicyclic) bond motifs is 5. The van der Waals surface area contributed by atoms with Gasteiger partial charge in [-0.15, -0.1) is 0 Å². The zero-order valence-electron chi connectivity index (χ0n) is 35.8. The Morgan fingerprint density at radius 2 is 0.585 bits per heavy atom. The third kappa shape index (κ3) is 7.10.